The maximum absolute atomic E-state index is 6.36. The summed E-state index contributed by atoms with van der Waals surface area (Å²) in [5.41, 5.74) is 0.116. The average Bonchev–Trinajstić information content (AvgIpc) is 2.37. The van der Waals surface area contributed by atoms with E-state index in [1.807, 2.05) is 0 Å². The van der Waals surface area contributed by atoms with Crippen molar-refractivity contribution in [1.29, 1.82) is 0 Å². The predicted octanol–water partition coefficient (Wildman–Crippen LogP) is 4.39. The SMILES string of the molecule is CCC1CCC(CNC(C)C)(OCCC(C)C)CC1. The predicted molar refractivity (Wildman–Crippen MR) is 83.5 cm³/mol. The van der Waals surface area contributed by atoms with Gasteiger partial charge < -0.3 is 10.1 Å². The second-order valence-corrected chi connectivity index (χ2v) is 7.10. The Morgan fingerprint density at radius 3 is 2.26 bits per heavy atom. The largest absolute Gasteiger partial charge is 0.374 e. The zero-order valence-electron chi connectivity index (χ0n) is 13.8. The molecule has 2 heteroatoms. The minimum absolute atomic E-state index is 0.116. The van der Waals surface area contributed by atoms with Crippen LogP contribution in [0, 0.1) is 11.8 Å². The Hall–Kier alpha value is -0.0800. The molecule has 1 rings (SSSR count). The van der Waals surface area contributed by atoms with E-state index in [0.29, 0.717) is 6.04 Å². The molecule has 1 saturated carbocycles. The summed E-state index contributed by atoms with van der Waals surface area (Å²) < 4.78 is 6.36. The first-order chi connectivity index (χ1) is 8.97. The van der Waals surface area contributed by atoms with E-state index < -0.39 is 0 Å². The minimum atomic E-state index is 0.116. The normalized spacial score (nSPS) is 28.3. The van der Waals surface area contributed by atoms with E-state index in [-0.39, 0.29) is 5.60 Å². The molecule has 114 valence electrons. The topological polar surface area (TPSA) is 21.3 Å². The van der Waals surface area contributed by atoms with E-state index >= 15 is 0 Å². The first-order valence-electron chi connectivity index (χ1n) is 8.35. The second kappa shape index (κ2) is 8.26. The quantitative estimate of drug-likeness (QED) is 0.706. The molecule has 0 aromatic rings. The van der Waals surface area contributed by atoms with Gasteiger partial charge in [-0.25, -0.2) is 0 Å². The lowest BCUT2D eigenvalue weighted by Crippen LogP contribution is -2.47. The van der Waals surface area contributed by atoms with Crippen molar-refractivity contribution in [3.05, 3.63) is 0 Å². The van der Waals surface area contributed by atoms with E-state index in [4.69, 9.17) is 4.74 Å². The van der Waals surface area contributed by atoms with Crippen molar-refractivity contribution in [2.45, 2.75) is 84.8 Å². The van der Waals surface area contributed by atoms with E-state index in [1.54, 1.807) is 0 Å². The number of ether oxygens (including phenoxy) is 1. The third-order valence-corrected chi connectivity index (χ3v) is 4.53. The standard InChI is InChI=1S/C17H35NO/c1-6-16-7-10-17(11-8-16,13-18-15(4)5)19-12-9-14(2)3/h14-16,18H,6-13H2,1-5H3. The Balaban J connectivity index is 2.48. The van der Waals surface area contributed by atoms with Gasteiger partial charge in [0.15, 0.2) is 0 Å². The molecule has 2 nitrogen and oxygen atoms in total. The van der Waals surface area contributed by atoms with Gasteiger partial charge in [-0.1, -0.05) is 41.0 Å². The Kier molecular flexibility index (Phi) is 7.38. The number of hydrogen-bond donors (Lipinski definition) is 1. The third kappa shape index (κ3) is 6.27. The minimum Gasteiger partial charge on any atom is -0.374 e. The van der Waals surface area contributed by atoms with Crippen LogP contribution in [0.3, 0.4) is 0 Å². The summed E-state index contributed by atoms with van der Waals surface area (Å²) in [5.74, 6) is 1.67. The zero-order valence-corrected chi connectivity index (χ0v) is 13.8. The van der Waals surface area contributed by atoms with Crippen LogP contribution < -0.4 is 5.32 Å². The highest BCUT2D eigenvalue weighted by atomic mass is 16.5. The smallest absolute Gasteiger partial charge is 0.0806 e. The maximum atomic E-state index is 6.36. The summed E-state index contributed by atoms with van der Waals surface area (Å²) in [6, 6.07) is 0.550. The van der Waals surface area contributed by atoms with E-state index in [9.17, 15) is 0 Å². The van der Waals surface area contributed by atoms with Gasteiger partial charge in [0.25, 0.3) is 0 Å². The van der Waals surface area contributed by atoms with E-state index in [2.05, 4.69) is 39.9 Å². The van der Waals surface area contributed by atoms with Gasteiger partial charge in [-0.2, -0.15) is 0 Å². The van der Waals surface area contributed by atoms with Crippen LogP contribution in [0.5, 0.6) is 0 Å². The molecule has 0 amide bonds. The fraction of sp³-hybridized carbons (Fsp3) is 1.00. The number of hydrogen-bond acceptors (Lipinski definition) is 2. The molecule has 0 aliphatic heterocycles. The molecule has 0 radical (unpaired) electrons. The van der Waals surface area contributed by atoms with Crippen molar-refractivity contribution in [3.63, 3.8) is 0 Å². The molecular weight excluding hydrogens is 234 g/mol. The molecule has 0 spiro atoms. The Bertz CT molecular complexity index is 229. The van der Waals surface area contributed by atoms with Crippen molar-refractivity contribution < 1.29 is 4.74 Å². The summed E-state index contributed by atoms with van der Waals surface area (Å²) in [5, 5.41) is 3.60. The zero-order chi connectivity index (χ0) is 14.3. The molecule has 0 aromatic carbocycles. The summed E-state index contributed by atoms with van der Waals surface area (Å²) in [4.78, 5) is 0. The molecule has 1 aliphatic rings. The number of nitrogens with one attached hydrogen (secondary N) is 1. The fourth-order valence-corrected chi connectivity index (χ4v) is 2.89. The maximum Gasteiger partial charge on any atom is 0.0806 e. The average molecular weight is 269 g/mol. The fourth-order valence-electron chi connectivity index (χ4n) is 2.89. The van der Waals surface area contributed by atoms with Crippen molar-refractivity contribution in [2.75, 3.05) is 13.2 Å². The first-order valence-corrected chi connectivity index (χ1v) is 8.35. The molecule has 19 heavy (non-hydrogen) atoms. The van der Waals surface area contributed by atoms with Gasteiger partial charge in [0.1, 0.15) is 0 Å². The van der Waals surface area contributed by atoms with Crippen LogP contribution in [0.2, 0.25) is 0 Å². The van der Waals surface area contributed by atoms with Gasteiger partial charge in [0.2, 0.25) is 0 Å². The van der Waals surface area contributed by atoms with Crippen LogP contribution in [0.15, 0.2) is 0 Å². The summed E-state index contributed by atoms with van der Waals surface area (Å²) in [6.07, 6.45) is 7.68. The van der Waals surface area contributed by atoms with E-state index in [0.717, 1.165) is 25.0 Å². The summed E-state index contributed by atoms with van der Waals surface area (Å²) >= 11 is 0. The molecule has 0 unspecified atom stereocenters. The van der Waals surface area contributed by atoms with Gasteiger partial charge >= 0.3 is 0 Å². The molecular formula is C17H35NO. The van der Waals surface area contributed by atoms with Crippen LogP contribution in [-0.2, 0) is 4.74 Å². The molecule has 0 atom stereocenters. The van der Waals surface area contributed by atoms with E-state index in [1.165, 1.54) is 38.5 Å². The Morgan fingerprint density at radius 1 is 1.16 bits per heavy atom. The van der Waals surface area contributed by atoms with Crippen LogP contribution >= 0.6 is 0 Å². The highest BCUT2D eigenvalue weighted by molar-refractivity contribution is 4.89. The lowest BCUT2D eigenvalue weighted by atomic mass is 9.77. The summed E-state index contributed by atoms with van der Waals surface area (Å²) in [7, 11) is 0. The third-order valence-electron chi connectivity index (χ3n) is 4.53. The highest BCUT2D eigenvalue weighted by Gasteiger charge is 2.35. The molecule has 0 bridgehead atoms. The van der Waals surface area contributed by atoms with Gasteiger partial charge in [-0.05, 0) is 43.9 Å². The molecule has 1 fully saturated rings. The Labute approximate surface area is 120 Å². The van der Waals surface area contributed by atoms with Crippen molar-refractivity contribution in [2.24, 2.45) is 11.8 Å². The van der Waals surface area contributed by atoms with Gasteiger partial charge in [-0.3, -0.25) is 0 Å². The monoisotopic (exact) mass is 269 g/mol. The van der Waals surface area contributed by atoms with Crippen LogP contribution in [-0.4, -0.2) is 24.8 Å². The first kappa shape index (κ1) is 17.0. The van der Waals surface area contributed by atoms with Crippen LogP contribution in [0.4, 0.5) is 0 Å². The lowest BCUT2D eigenvalue weighted by Gasteiger charge is -2.41. The van der Waals surface area contributed by atoms with Crippen molar-refractivity contribution in [1.82, 2.24) is 5.32 Å². The van der Waals surface area contributed by atoms with Crippen LogP contribution in [0.1, 0.15) is 73.1 Å². The highest BCUT2D eigenvalue weighted by Crippen LogP contribution is 2.36. The van der Waals surface area contributed by atoms with Gasteiger partial charge in [0, 0.05) is 19.2 Å². The van der Waals surface area contributed by atoms with Gasteiger partial charge in [-0.15, -0.1) is 0 Å². The summed E-state index contributed by atoms with van der Waals surface area (Å²) in [6.45, 7) is 13.3. The Morgan fingerprint density at radius 2 is 1.79 bits per heavy atom. The van der Waals surface area contributed by atoms with Gasteiger partial charge in [0.05, 0.1) is 5.60 Å². The molecule has 1 N–H and O–H groups in total. The molecule has 0 saturated heterocycles. The molecule has 0 heterocycles. The van der Waals surface area contributed by atoms with Crippen LogP contribution in [0.25, 0.3) is 0 Å². The van der Waals surface area contributed by atoms with Crippen molar-refractivity contribution in [3.8, 4) is 0 Å². The second-order valence-electron chi connectivity index (χ2n) is 7.10. The molecule has 1 aliphatic carbocycles. The number of rotatable bonds is 8. The lowest BCUT2D eigenvalue weighted by molar-refractivity contribution is -0.0804. The molecule has 0 aromatic heterocycles. The van der Waals surface area contributed by atoms with Crippen molar-refractivity contribution >= 4 is 0 Å².